The van der Waals surface area contributed by atoms with Crippen LogP contribution in [-0.4, -0.2) is 30.3 Å². The maximum atomic E-state index is 14.2. The van der Waals surface area contributed by atoms with Crippen molar-refractivity contribution in [1.82, 2.24) is 4.90 Å². The van der Waals surface area contributed by atoms with Crippen LogP contribution in [0.4, 0.5) is 5.69 Å². The van der Waals surface area contributed by atoms with Crippen molar-refractivity contribution in [2.24, 2.45) is 5.92 Å². The van der Waals surface area contributed by atoms with Crippen molar-refractivity contribution >= 4 is 28.8 Å². The van der Waals surface area contributed by atoms with Gasteiger partial charge in [-0.15, -0.1) is 11.3 Å². The van der Waals surface area contributed by atoms with E-state index in [1.54, 1.807) is 16.2 Å². The summed E-state index contributed by atoms with van der Waals surface area (Å²) in [5.41, 5.74) is 3.52. The van der Waals surface area contributed by atoms with E-state index in [4.69, 9.17) is 0 Å². The zero-order chi connectivity index (χ0) is 22.8. The molecule has 0 saturated carbocycles. The monoisotopic (exact) mass is 446 g/mol. The molecule has 2 heterocycles. The van der Waals surface area contributed by atoms with Gasteiger partial charge < -0.3 is 9.80 Å². The van der Waals surface area contributed by atoms with E-state index in [0.29, 0.717) is 18.0 Å². The lowest BCUT2D eigenvalue weighted by molar-refractivity contribution is -0.121. The van der Waals surface area contributed by atoms with Crippen LogP contribution in [0.25, 0.3) is 0 Å². The standard InChI is InChI=1S/C27H30N2O2S/c1-5-19-11-6-9-14-22(19)28(4)27(31)24-20-12-7-8-13-21(20)26(30)29(17-18(2)3)25(24)23-15-10-16-32-23/h6-16,18,24-25H,5,17H2,1-4H3/t24-,25-/m1/s1. The summed E-state index contributed by atoms with van der Waals surface area (Å²) in [6.07, 6.45) is 0.849. The summed E-state index contributed by atoms with van der Waals surface area (Å²) in [7, 11) is 1.86. The van der Waals surface area contributed by atoms with E-state index in [0.717, 1.165) is 28.1 Å². The molecule has 0 N–H and O–H groups in total. The number of carbonyl (C=O) groups excluding carboxylic acids is 2. The molecule has 1 aliphatic heterocycles. The molecule has 0 bridgehead atoms. The minimum atomic E-state index is -0.462. The summed E-state index contributed by atoms with van der Waals surface area (Å²) in [6.45, 7) is 6.93. The summed E-state index contributed by atoms with van der Waals surface area (Å²) >= 11 is 1.61. The zero-order valence-electron chi connectivity index (χ0n) is 19.1. The van der Waals surface area contributed by atoms with Crippen molar-refractivity contribution in [3.05, 3.63) is 87.6 Å². The van der Waals surface area contributed by atoms with Gasteiger partial charge in [-0.2, -0.15) is 0 Å². The molecule has 2 atom stereocenters. The molecule has 1 aliphatic rings. The third-order valence-electron chi connectivity index (χ3n) is 6.17. The lowest BCUT2D eigenvalue weighted by Gasteiger charge is -2.43. The Bertz CT molecular complexity index is 1110. The molecule has 0 radical (unpaired) electrons. The first-order chi connectivity index (χ1) is 15.4. The second-order valence-corrected chi connectivity index (χ2v) is 9.74. The Morgan fingerprint density at radius 2 is 1.78 bits per heavy atom. The molecule has 4 rings (SSSR count). The molecule has 32 heavy (non-hydrogen) atoms. The molecule has 4 nitrogen and oxygen atoms in total. The van der Waals surface area contributed by atoms with E-state index in [1.807, 2.05) is 71.9 Å². The Kier molecular flexibility index (Phi) is 6.47. The normalized spacial score (nSPS) is 18.0. The van der Waals surface area contributed by atoms with Crippen LogP contribution in [0.2, 0.25) is 0 Å². The van der Waals surface area contributed by atoms with Gasteiger partial charge in [-0.25, -0.2) is 0 Å². The Balaban J connectivity index is 1.87. The summed E-state index contributed by atoms with van der Waals surface area (Å²) in [4.78, 5) is 32.5. The van der Waals surface area contributed by atoms with Gasteiger partial charge in [-0.3, -0.25) is 9.59 Å². The molecule has 2 aromatic carbocycles. The molecule has 5 heteroatoms. The fraction of sp³-hybridized carbons (Fsp3) is 0.333. The number of amides is 2. The number of carbonyl (C=O) groups is 2. The second-order valence-electron chi connectivity index (χ2n) is 8.76. The average Bonchev–Trinajstić information content (AvgIpc) is 3.34. The van der Waals surface area contributed by atoms with Crippen molar-refractivity contribution in [3.8, 4) is 0 Å². The summed E-state index contributed by atoms with van der Waals surface area (Å²) < 4.78 is 0. The van der Waals surface area contributed by atoms with Crippen LogP contribution in [0.5, 0.6) is 0 Å². The topological polar surface area (TPSA) is 40.6 Å². The number of thiophene rings is 1. The second kappa shape index (κ2) is 9.29. The first-order valence-corrected chi connectivity index (χ1v) is 12.1. The van der Waals surface area contributed by atoms with Crippen LogP contribution in [0.15, 0.2) is 66.0 Å². The molecule has 0 fully saturated rings. The molecule has 0 saturated heterocycles. The number of hydrogen-bond donors (Lipinski definition) is 0. The predicted molar refractivity (Wildman–Crippen MR) is 131 cm³/mol. The highest BCUT2D eigenvalue weighted by molar-refractivity contribution is 7.10. The minimum Gasteiger partial charge on any atom is -0.329 e. The number of aryl methyl sites for hydroxylation is 1. The Labute approximate surface area is 194 Å². The van der Waals surface area contributed by atoms with Crippen molar-refractivity contribution in [3.63, 3.8) is 0 Å². The van der Waals surface area contributed by atoms with E-state index >= 15 is 0 Å². The molecule has 166 valence electrons. The SMILES string of the molecule is CCc1ccccc1N(C)C(=O)[C@@H]1c2ccccc2C(=O)N(CC(C)C)[C@@H]1c1cccs1. The first kappa shape index (κ1) is 22.3. The number of likely N-dealkylation sites (N-methyl/N-ethyl adjacent to an activating group) is 1. The van der Waals surface area contributed by atoms with Gasteiger partial charge in [-0.05, 0) is 47.0 Å². The quantitative estimate of drug-likeness (QED) is 0.472. The first-order valence-electron chi connectivity index (χ1n) is 11.2. The summed E-state index contributed by atoms with van der Waals surface area (Å²) in [5, 5.41) is 2.02. The smallest absolute Gasteiger partial charge is 0.254 e. The summed E-state index contributed by atoms with van der Waals surface area (Å²) in [5.74, 6) is -0.149. The van der Waals surface area contributed by atoms with E-state index < -0.39 is 5.92 Å². The number of hydrogen-bond acceptors (Lipinski definition) is 3. The third-order valence-corrected chi connectivity index (χ3v) is 7.11. The van der Waals surface area contributed by atoms with Gasteiger partial charge in [0.05, 0.1) is 12.0 Å². The number of benzene rings is 2. The maximum Gasteiger partial charge on any atom is 0.254 e. The van der Waals surface area contributed by atoms with Crippen LogP contribution in [0.1, 0.15) is 59.1 Å². The fourth-order valence-electron chi connectivity index (χ4n) is 4.69. The molecule has 0 aliphatic carbocycles. The molecule has 0 spiro atoms. The Hall–Kier alpha value is -2.92. The van der Waals surface area contributed by atoms with Crippen LogP contribution in [0, 0.1) is 5.92 Å². The number of para-hydroxylation sites is 1. The fourth-order valence-corrected chi connectivity index (χ4v) is 5.57. The Morgan fingerprint density at radius 1 is 1.06 bits per heavy atom. The van der Waals surface area contributed by atoms with Crippen molar-refractivity contribution in [1.29, 1.82) is 0 Å². The van der Waals surface area contributed by atoms with Gasteiger partial charge in [0.1, 0.15) is 0 Å². The summed E-state index contributed by atoms with van der Waals surface area (Å²) in [6, 6.07) is 19.4. The molecule has 2 amide bonds. The highest BCUT2D eigenvalue weighted by Gasteiger charge is 2.45. The van der Waals surface area contributed by atoms with E-state index in [9.17, 15) is 9.59 Å². The van der Waals surface area contributed by atoms with Crippen LogP contribution < -0.4 is 4.90 Å². The van der Waals surface area contributed by atoms with Crippen LogP contribution in [0.3, 0.4) is 0 Å². The highest BCUT2D eigenvalue weighted by Crippen LogP contribution is 2.45. The number of rotatable bonds is 6. The lowest BCUT2D eigenvalue weighted by Crippen LogP contribution is -2.48. The molecular formula is C27H30N2O2S. The minimum absolute atomic E-state index is 0.00774. The van der Waals surface area contributed by atoms with Crippen LogP contribution in [-0.2, 0) is 11.2 Å². The third kappa shape index (κ3) is 3.97. The van der Waals surface area contributed by atoms with Gasteiger partial charge in [0.15, 0.2) is 0 Å². The Morgan fingerprint density at radius 3 is 2.47 bits per heavy atom. The van der Waals surface area contributed by atoms with Crippen molar-refractivity contribution in [2.45, 2.75) is 39.2 Å². The van der Waals surface area contributed by atoms with Gasteiger partial charge in [0, 0.05) is 29.7 Å². The van der Waals surface area contributed by atoms with Crippen molar-refractivity contribution in [2.75, 3.05) is 18.5 Å². The number of anilines is 1. The van der Waals surface area contributed by atoms with E-state index in [2.05, 4.69) is 26.8 Å². The number of fused-ring (bicyclic) bond motifs is 1. The lowest BCUT2D eigenvalue weighted by atomic mass is 9.80. The van der Waals surface area contributed by atoms with Crippen LogP contribution >= 0.6 is 11.3 Å². The van der Waals surface area contributed by atoms with Crippen molar-refractivity contribution < 1.29 is 9.59 Å². The molecule has 3 aromatic rings. The van der Waals surface area contributed by atoms with E-state index in [-0.39, 0.29) is 17.9 Å². The molecular weight excluding hydrogens is 416 g/mol. The zero-order valence-corrected chi connectivity index (χ0v) is 19.9. The maximum absolute atomic E-state index is 14.2. The molecule has 0 unspecified atom stereocenters. The van der Waals surface area contributed by atoms with Gasteiger partial charge >= 0.3 is 0 Å². The van der Waals surface area contributed by atoms with Gasteiger partial charge in [0.25, 0.3) is 5.91 Å². The van der Waals surface area contributed by atoms with Gasteiger partial charge in [0.2, 0.25) is 5.91 Å². The highest BCUT2D eigenvalue weighted by atomic mass is 32.1. The predicted octanol–water partition coefficient (Wildman–Crippen LogP) is 5.91. The van der Waals surface area contributed by atoms with E-state index in [1.165, 1.54) is 0 Å². The molecule has 1 aromatic heterocycles. The number of nitrogens with zero attached hydrogens (tertiary/aromatic N) is 2. The largest absolute Gasteiger partial charge is 0.329 e. The van der Waals surface area contributed by atoms with Gasteiger partial charge in [-0.1, -0.05) is 63.2 Å². The average molecular weight is 447 g/mol.